The molecule has 0 aliphatic rings. The summed E-state index contributed by atoms with van der Waals surface area (Å²) in [5, 5.41) is 5.37. The molecule has 8 nitrogen and oxygen atoms in total. The smallest absolute Gasteiger partial charge is 0.337 e. The number of amides is 1. The summed E-state index contributed by atoms with van der Waals surface area (Å²) in [6, 6.07) is 11.6. The first kappa shape index (κ1) is 22.5. The Morgan fingerprint density at radius 3 is 2.03 bits per heavy atom. The first-order chi connectivity index (χ1) is 13.6. The molecule has 2 rings (SSSR count). The minimum absolute atomic E-state index is 0.0444. The zero-order valence-electron chi connectivity index (χ0n) is 16.1. The maximum Gasteiger partial charge on any atom is 0.337 e. The van der Waals surface area contributed by atoms with E-state index in [0.717, 1.165) is 0 Å². The molecule has 3 N–H and O–H groups in total. The van der Waals surface area contributed by atoms with E-state index in [1.807, 2.05) is 0 Å². The SMILES string of the molecule is COC(=O)c1ccc(C(=O)NC(=S)Nc2ccc(S(=O)(=O)NC(C)C)cc2)cc1. The van der Waals surface area contributed by atoms with Crippen LogP contribution in [0.3, 0.4) is 0 Å². The molecule has 0 unspecified atom stereocenters. The number of ether oxygens (including phenoxy) is 1. The van der Waals surface area contributed by atoms with E-state index in [1.54, 1.807) is 26.0 Å². The van der Waals surface area contributed by atoms with E-state index in [9.17, 15) is 18.0 Å². The fourth-order valence-corrected chi connectivity index (χ4v) is 3.77. The molecule has 0 heterocycles. The van der Waals surface area contributed by atoms with Crippen LogP contribution in [-0.2, 0) is 14.8 Å². The average Bonchev–Trinajstić information content (AvgIpc) is 2.66. The summed E-state index contributed by atoms with van der Waals surface area (Å²) < 4.78 is 31.3. The van der Waals surface area contributed by atoms with Crippen molar-refractivity contribution in [3.63, 3.8) is 0 Å². The predicted molar refractivity (Wildman–Crippen MR) is 113 cm³/mol. The van der Waals surface area contributed by atoms with Crippen LogP contribution in [-0.4, -0.2) is 38.6 Å². The molecule has 0 fully saturated rings. The van der Waals surface area contributed by atoms with Crippen LogP contribution >= 0.6 is 12.2 Å². The summed E-state index contributed by atoms with van der Waals surface area (Å²) in [5.74, 6) is -0.956. The number of thiocarbonyl (C=S) groups is 1. The molecule has 2 aromatic carbocycles. The van der Waals surface area contributed by atoms with E-state index in [0.29, 0.717) is 16.8 Å². The molecular weight excluding hydrogens is 414 g/mol. The summed E-state index contributed by atoms with van der Waals surface area (Å²) in [6.07, 6.45) is 0. The van der Waals surface area contributed by atoms with Gasteiger partial charge in [0, 0.05) is 17.3 Å². The number of nitrogens with one attached hydrogen (secondary N) is 3. The van der Waals surface area contributed by atoms with Gasteiger partial charge in [-0.1, -0.05) is 0 Å². The van der Waals surface area contributed by atoms with Gasteiger partial charge in [-0.15, -0.1) is 0 Å². The minimum atomic E-state index is -3.58. The Morgan fingerprint density at radius 1 is 0.966 bits per heavy atom. The van der Waals surface area contributed by atoms with E-state index in [-0.39, 0.29) is 16.0 Å². The molecule has 0 saturated heterocycles. The van der Waals surface area contributed by atoms with Crippen molar-refractivity contribution >= 4 is 44.9 Å². The normalized spacial score (nSPS) is 11.0. The average molecular weight is 436 g/mol. The Kier molecular flexibility index (Phi) is 7.43. The summed E-state index contributed by atoms with van der Waals surface area (Å²) in [6.45, 7) is 3.47. The van der Waals surface area contributed by atoms with Gasteiger partial charge in [-0.25, -0.2) is 17.9 Å². The highest BCUT2D eigenvalue weighted by molar-refractivity contribution is 7.89. The van der Waals surface area contributed by atoms with Gasteiger partial charge < -0.3 is 10.1 Å². The van der Waals surface area contributed by atoms with Crippen molar-refractivity contribution < 1.29 is 22.7 Å². The van der Waals surface area contributed by atoms with Gasteiger partial charge >= 0.3 is 5.97 Å². The van der Waals surface area contributed by atoms with E-state index in [2.05, 4.69) is 20.1 Å². The molecule has 2 aromatic rings. The zero-order valence-corrected chi connectivity index (χ0v) is 17.7. The molecule has 0 radical (unpaired) electrons. The molecule has 1 amide bonds. The predicted octanol–water partition coefficient (Wildman–Crippen LogP) is 2.29. The largest absolute Gasteiger partial charge is 0.465 e. The highest BCUT2D eigenvalue weighted by Crippen LogP contribution is 2.14. The number of esters is 1. The van der Waals surface area contributed by atoms with Crippen molar-refractivity contribution in [2.45, 2.75) is 24.8 Å². The summed E-state index contributed by atoms with van der Waals surface area (Å²) in [5.41, 5.74) is 1.15. The van der Waals surface area contributed by atoms with Crippen LogP contribution in [0.5, 0.6) is 0 Å². The van der Waals surface area contributed by atoms with Crippen molar-refractivity contribution in [1.82, 2.24) is 10.0 Å². The van der Waals surface area contributed by atoms with Crippen molar-refractivity contribution in [3.8, 4) is 0 Å². The fourth-order valence-electron chi connectivity index (χ4n) is 2.31. The van der Waals surface area contributed by atoms with Gasteiger partial charge in [-0.05, 0) is 74.6 Å². The van der Waals surface area contributed by atoms with Crippen LogP contribution in [0.25, 0.3) is 0 Å². The number of carbonyl (C=O) groups excluding carboxylic acids is 2. The molecule has 0 spiro atoms. The van der Waals surface area contributed by atoms with Gasteiger partial charge in [0.1, 0.15) is 0 Å². The third-order valence-electron chi connectivity index (χ3n) is 3.61. The van der Waals surface area contributed by atoms with Gasteiger partial charge in [0.2, 0.25) is 10.0 Å². The lowest BCUT2D eigenvalue weighted by atomic mass is 10.1. The van der Waals surface area contributed by atoms with E-state index in [4.69, 9.17) is 12.2 Å². The Bertz CT molecular complexity index is 1000. The second kappa shape index (κ2) is 9.59. The number of carbonyl (C=O) groups is 2. The van der Waals surface area contributed by atoms with Gasteiger partial charge in [-0.3, -0.25) is 10.1 Å². The molecule has 0 aromatic heterocycles. The first-order valence-electron chi connectivity index (χ1n) is 8.55. The number of rotatable bonds is 6. The lowest BCUT2D eigenvalue weighted by Crippen LogP contribution is -2.34. The number of hydrogen-bond donors (Lipinski definition) is 3. The van der Waals surface area contributed by atoms with Crippen molar-refractivity contribution in [3.05, 3.63) is 59.7 Å². The molecule has 0 aliphatic heterocycles. The summed E-state index contributed by atoms with van der Waals surface area (Å²) in [4.78, 5) is 23.8. The molecule has 154 valence electrons. The Labute approximate surface area is 174 Å². The van der Waals surface area contributed by atoms with Crippen molar-refractivity contribution in [2.24, 2.45) is 0 Å². The molecule has 0 saturated carbocycles. The van der Waals surface area contributed by atoms with Gasteiger partial charge in [-0.2, -0.15) is 0 Å². The van der Waals surface area contributed by atoms with Crippen molar-refractivity contribution in [2.75, 3.05) is 12.4 Å². The van der Waals surface area contributed by atoms with Crippen LogP contribution in [0.15, 0.2) is 53.4 Å². The second-order valence-electron chi connectivity index (χ2n) is 6.28. The van der Waals surface area contributed by atoms with Crippen LogP contribution in [0.2, 0.25) is 0 Å². The van der Waals surface area contributed by atoms with Crippen molar-refractivity contribution in [1.29, 1.82) is 0 Å². The van der Waals surface area contributed by atoms with Gasteiger partial charge in [0.25, 0.3) is 5.91 Å². The number of methoxy groups -OCH3 is 1. The topological polar surface area (TPSA) is 114 Å². The summed E-state index contributed by atoms with van der Waals surface area (Å²) >= 11 is 5.11. The number of benzene rings is 2. The highest BCUT2D eigenvalue weighted by Gasteiger charge is 2.15. The van der Waals surface area contributed by atoms with Crippen LogP contribution in [0.4, 0.5) is 5.69 Å². The number of anilines is 1. The van der Waals surface area contributed by atoms with Crippen LogP contribution < -0.4 is 15.4 Å². The van der Waals surface area contributed by atoms with Gasteiger partial charge in [0.05, 0.1) is 17.6 Å². The van der Waals surface area contributed by atoms with E-state index < -0.39 is 21.9 Å². The zero-order chi connectivity index (χ0) is 21.6. The lowest BCUT2D eigenvalue weighted by molar-refractivity contribution is 0.0600. The monoisotopic (exact) mass is 435 g/mol. The van der Waals surface area contributed by atoms with E-state index >= 15 is 0 Å². The second-order valence-corrected chi connectivity index (χ2v) is 8.40. The Morgan fingerprint density at radius 2 is 1.52 bits per heavy atom. The molecule has 0 atom stereocenters. The first-order valence-corrected chi connectivity index (χ1v) is 10.4. The van der Waals surface area contributed by atoms with Gasteiger partial charge in [0.15, 0.2) is 5.11 Å². The van der Waals surface area contributed by atoms with Crippen LogP contribution in [0, 0.1) is 0 Å². The molecular formula is C19H21N3O5S2. The third-order valence-corrected chi connectivity index (χ3v) is 5.49. The summed E-state index contributed by atoms with van der Waals surface area (Å²) in [7, 11) is -2.31. The Balaban J connectivity index is 1.98. The minimum Gasteiger partial charge on any atom is -0.465 e. The quantitative estimate of drug-likeness (QED) is 0.471. The number of hydrogen-bond acceptors (Lipinski definition) is 6. The maximum atomic E-state index is 12.2. The lowest BCUT2D eigenvalue weighted by Gasteiger charge is -2.12. The number of sulfonamides is 1. The standard InChI is InChI=1S/C19H21N3O5S2/c1-12(2)22-29(25,26)16-10-8-15(9-11-16)20-19(28)21-17(23)13-4-6-14(7-5-13)18(24)27-3/h4-12,22H,1-3H3,(H2,20,21,23,28). The molecule has 29 heavy (non-hydrogen) atoms. The molecule has 10 heteroatoms. The third kappa shape index (κ3) is 6.34. The molecule has 0 aliphatic carbocycles. The molecule has 0 bridgehead atoms. The van der Waals surface area contributed by atoms with E-state index in [1.165, 1.54) is 43.5 Å². The van der Waals surface area contributed by atoms with Crippen LogP contribution in [0.1, 0.15) is 34.6 Å². The fraction of sp³-hybridized carbons (Fsp3) is 0.211. The maximum absolute atomic E-state index is 12.2. The highest BCUT2D eigenvalue weighted by atomic mass is 32.2. The Hall–Kier alpha value is -2.82.